The van der Waals surface area contributed by atoms with Crippen molar-refractivity contribution < 1.29 is 40.8 Å². The normalized spacial score (nSPS) is 13.1. The summed E-state index contributed by atoms with van der Waals surface area (Å²) in [6, 6.07) is 22.5. The number of fused-ring (bicyclic) bond motifs is 1. The first-order valence-electron chi connectivity index (χ1n) is 15.6. The van der Waals surface area contributed by atoms with Crippen molar-refractivity contribution in [2.45, 2.75) is 58.7 Å². The second-order valence-corrected chi connectivity index (χ2v) is 13.7. The number of amides is 1. The summed E-state index contributed by atoms with van der Waals surface area (Å²) in [5, 5.41) is 0. The zero-order valence-electron chi connectivity index (χ0n) is 26.8. The molecular weight excluding hydrogens is 678 g/mol. The fourth-order valence-electron chi connectivity index (χ4n) is 4.69. The first kappa shape index (κ1) is 36.2. The minimum atomic E-state index is -4.72. The predicted molar refractivity (Wildman–Crippen MR) is 180 cm³/mol. The van der Waals surface area contributed by atoms with E-state index in [9.17, 15) is 22.5 Å². The highest BCUT2D eigenvalue weighted by Gasteiger charge is 2.33. The molecule has 1 amide bonds. The molecule has 5 rings (SSSR count). The molecule has 5 aromatic rings. The van der Waals surface area contributed by atoms with E-state index in [0.717, 1.165) is 52.4 Å². The van der Waals surface area contributed by atoms with Gasteiger partial charge in [0.15, 0.2) is 4.80 Å². The van der Waals surface area contributed by atoms with Gasteiger partial charge in [0, 0.05) is 12.7 Å². The van der Waals surface area contributed by atoms with Crippen molar-refractivity contribution in [3.8, 4) is 5.75 Å². The maximum absolute atomic E-state index is 13.8. The van der Waals surface area contributed by atoms with Crippen molar-refractivity contribution in [3.63, 3.8) is 0 Å². The largest absolute Gasteiger partial charge is 0.490 e. The molecule has 0 bridgehead atoms. The molecule has 0 fully saturated rings. The molecule has 0 N–H and O–H groups in total. The third-order valence-electron chi connectivity index (χ3n) is 7.20. The number of alkyl halides is 3. The average Bonchev–Trinajstić information content (AvgIpc) is 3.45. The Morgan fingerprint density at radius 3 is 2.24 bits per heavy atom. The van der Waals surface area contributed by atoms with E-state index in [4.69, 9.17) is 18.3 Å². The Bertz CT molecular complexity index is 1920. The molecule has 0 aliphatic rings. The number of benzene rings is 3. The Kier molecular flexibility index (Phi) is 12.2. The summed E-state index contributed by atoms with van der Waals surface area (Å²) < 4.78 is 80.6. The van der Waals surface area contributed by atoms with Crippen LogP contribution in [0.1, 0.15) is 53.7 Å². The fraction of sp³-hybridized carbons (Fsp3) is 0.286. The lowest BCUT2D eigenvalue weighted by Crippen LogP contribution is -2.20. The highest BCUT2D eigenvalue weighted by molar-refractivity contribution is 7.48. The number of halogens is 3. The first-order valence-corrected chi connectivity index (χ1v) is 17.8. The van der Waals surface area contributed by atoms with Crippen LogP contribution in [-0.2, 0) is 44.1 Å². The van der Waals surface area contributed by atoms with Gasteiger partial charge in [-0.15, -0.1) is 0 Å². The molecule has 0 radical (unpaired) electrons. The molecule has 2 aromatic heterocycles. The van der Waals surface area contributed by atoms with Crippen LogP contribution < -0.4 is 9.54 Å². The Labute approximate surface area is 285 Å². The summed E-state index contributed by atoms with van der Waals surface area (Å²) in [7, 11) is -4.18. The summed E-state index contributed by atoms with van der Waals surface area (Å²) in [6.45, 7) is 3.69. The van der Waals surface area contributed by atoms with E-state index in [2.05, 4.69) is 9.98 Å². The van der Waals surface area contributed by atoms with Crippen LogP contribution in [0, 0.1) is 0 Å². The van der Waals surface area contributed by atoms with Gasteiger partial charge in [-0.25, -0.2) is 4.57 Å². The fourth-order valence-corrected chi connectivity index (χ4v) is 7.03. The van der Waals surface area contributed by atoms with E-state index < -0.39 is 31.6 Å². The molecule has 0 unspecified atom stereocenters. The number of aryl methyl sites for hydroxylation is 1. The second kappa shape index (κ2) is 16.5. The minimum Gasteiger partial charge on any atom is -0.490 e. The molecule has 0 aliphatic heterocycles. The molecule has 9 nitrogen and oxygen atoms in total. The topological polar surface area (TPSA) is 101 Å². The van der Waals surface area contributed by atoms with Crippen LogP contribution in [0.5, 0.6) is 5.75 Å². The van der Waals surface area contributed by atoms with E-state index in [1.54, 1.807) is 49.6 Å². The SMILES string of the molecule is CCCCn1c(=NC(=O)c2cc(C(F)(F)F)ccc2OC[C@H](C)OP(=O)(OCc2ccccc2)OCc2ccccc2)sc2ccncc21. The number of hydrogen-bond donors (Lipinski definition) is 0. The number of carbonyl (C=O) groups is 1. The van der Waals surface area contributed by atoms with Crippen LogP contribution in [0.3, 0.4) is 0 Å². The summed E-state index contributed by atoms with van der Waals surface area (Å²) in [4.78, 5) is 22.3. The van der Waals surface area contributed by atoms with Gasteiger partial charge >= 0.3 is 14.0 Å². The number of nitrogens with zero attached hydrogens (tertiary/aromatic N) is 3. The summed E-state index contributed by atoms with van der Waals surface area (Å²) in [5.41, 5.74) is 0.827. The predicted octanol–water partition coefficient (Wildman–Crippen LogP) is 8.98. The maximum Gasteiger partial charge on any atom is 0.475 e. The lowest BCUT2D eigenvalue weighted by atomic mass is 10.1. The van der Waals surface area contributed by atoms with Crippen molar-refractivity contribution in [3.05, 3.63) is 124 Å². The van der Waals surface area contributed by atoms with Gasteiger partial charge in [0.2, 0.25) is 0 Å². The van der Waals surface area contributed by atoms with Gasteiger partial charge in [0.05, 0.1) is 40.8 Å². The van der Waals surface area contributed by atoms with Gasteiger partial charge < -0.3 is 9.30 Å². The lowest BCUT2D eigenvalue weighted by molar-refractivity contribution is -0.137. The Morgan fingerprint density at radius 2 is 1.63 bits per heavy atom. The number of unbranched alkanes of at least 4 members (excludes halogenated alkanes) is 1. The lowest BCUT2D eigenvalue weighted by Gasteiger charge is -2.22. The Balaban J connectivity index is 1.38. The number of phosphoric acid groups is 1. The number of rotatable bonds is 15. The smallest absolute Gasteiger partial charge is 0.475 e. The zero-order valence-corrected chi connectivity index (χ0v) is 28.5. The van der Waals surface area contributed by atoms with Gasteiger partial charge in [-0.3, -0.25) is 23.3 Å². The Morgan fingerprint density at radius 1 is 0.980 bits per heavy atom. The van der Waals surface area contributed by atoms with Crippen LogP contribution in [0.15, 0.2) is 102 Å². The number of phosphoric ester groups is 1. The molecule has 1 atom stereocenters. The molecule has 0 spiro atoms. The van der Waals surface area contributed by atoms with Crippen LogP contribution in [0.25, 0.3) is 10.2 Å². The van der Waals surface area contributed by atoms with Crippen LogP contribution in [0.2, 0.25) is 0 Å². The molecule has 0 saturated heterocycles. The number of ether oxygens (including phenoxy) is 1. The van der Waals surface area contributed by atoms with Gasteiger partial charge in [0.25, 0.3) is 5.91 Å². The highest BCUT2D eigenvalue weighted by atomic mass is 32.1. The molecule has 2 heterocycles. The molecule has 49 heavy (non-hydrogen) atoms. The van der Waals surface area contributed by atoms with Crippen LogP contribution in [0.4, 0.5) is 13.2 Å². The summed E-state index contributed by atoms with van der Waals surface area (Å²) in [6.07, 6.45) is -0.693. The third-order valence-corrected chi connectivity index (χ3v) is 9.77. The van der Waals surface area contributed by atoms with E-state index in [1.807, 2.05) is 47.9 Å². The van der Waals surface area contributed by atoms with E-state index in [1.165, 1.54) is 11.3 Å². The van der Waals surface area contributed by atoms with Crippen molar-refractivity contribution in [1.29, 1.82) is 0 Å². The molecule has 3 aromatic carbocycles. The van der Waals surface area contributed by atoms with Crippen LogP contribution >= 0.6 is 19.2 Å². The van der Waals surface area contributed by atoms with Crippen molar-refractivity contribution in [2.75, 3.05) is 6.61 Å². The van der Waals surface area contributed by atoms with E-state index in [0.29, 0.717) is 11.3 Å². The number of carbonyl (C=O) groups excluding carboxylic acids is 1. The highest BCUT2D eigenvalue weighted by Crippen LogP contribution is 2.52. The van der Waals surface area contributed by atoms with Crippen molar-refractivity contribution in [2.24, 2.45) is 4.99 Å². The monoisotopic (exact) mass is 713 g/mol. The van der Waals surface area contributed by atoms with Gasteiger partial charge in [-0.2, -0.15) is 18.2 Å². The summed E-state index contributed by atoms with van der Waals surface area (Å²) in [5.74, 6) is -1.06. The molecule has 14 heteroatoms. The third kappa shape index (κ3) is 9.96. The average molecular weight is 714 g/mol. The quantitative estimate of drug-likeness (QED) is 0.0999. The first-order chi connectivity index (χ1) is 23.5. The minimum absolute atomic E-state index is 0.0639. The molecular formula is C35H35F3N3O6PS. The number of aromatic nitrogens is 2. The molecule has 0 saturated carbocycles. The number of thiazole rings is 1. The number of pyridine rings is 1. The van der Waals surface area contributed by atoms with Crippen LogP contribution in [-0.4, -0.2) is 28.2 Å². The van der Waals surface area contributed by atoms with Gasteiger partial charge in [-0.1, -0.05) is 85.3 Å². The second-order valence-electron chi connectivity index (χ2n) is 11.1. The van der Waals surface area contributed by atoms with E-state index in [-0.39, 0.29) is 31.1 Å². The Hall–Kier alpha value is -4.13. The van der Waals surface area contributed by atoms with Gasteiger partial charge in [-0.05, 0) is 48.7 Å². The standard InChI is InChI=1S/C35H35F3N3O6PS/c1-3-4-19-41-30-21-39-18-17-32(30)49-34(41)40-33(42)29-20-28(35(36,37)38)15-16-31(29)44-22-25(2)47-48(43,45-23-26-11-7-5-8-12-26)46-24-27-13-9-6-10-14-27/h5-18,20-21,25H,3-4,19,22-24H2,1-2H3/t25-/m0/s1. The van der Waals surface area contributed by atoms with Crippen molar-refractivity contribution >= 4 is 35.3 Å². The van der Waals surface area contributed by atoms with Crippen molar-refractivity contribution in [1.82, 2.24) is 9.55 Å². The molecule has 0 aliphatic carbocycles. The summed E-state index contributed by atoms with van der Waals surface area (Å²) >= 11 is 1.24. The van der Waals surface area contributed by atoms with E-state index >= 15 is 0 Å². The zero-order chi connectivity index (χ0) is 34.9. The van der Waals surface area contributed by atoms with Gasteiger partial charge in [0.1, 0.15) is 18.5 Å². The molecule has 258 valence electrons. The maximum atomic E-state index is 13.8. The number of hydrogen-bond acceptors (Lipinski definition) is 8.